The minimum Gasteiger partial charge on any atom is -0.423 e. The third-order valence-electron chi connectivity index (χ3n) is 5.10. The lowest BCUT2D eigenvalue weighted by Gasteiger charge is -2.20. The summed E-state index contributed by atoms with van der Waals surface area (Å²) < 4.78 is 5.23. The van der Waals surface area contributed by atoms with E-state index in [2.05, 4.69) is 20.6 Å². The molecule has 0 aliphatic rings. The Bertz CT molecular complexity index is 1150. The van der Waals surface area contributed by atoms with Crippen LogP contribution >= 0.6 is 0 Å². The van der Waals surface area contributed by atoms with Gasteiger partial charge < -0.3 is 43.7 Å². The molecule has 0 fully saturated rings. The van der Waals surface area contributed by atoms with E-state index >= 15 is 0 Å². The zero-order chi connectivity index (χ0) is 26.0. The van der Waals surface area contributed by atoms with Gasteiger partial charge in [0.25, 0.3) is 0 Å². The van der Waals surface area contributed by atoms with Crippen LogP contribution in [-0.2, 0) is 9.59 Å². The van der Waals surface area contributed by atoms with E-state index in [1.54, 1.807) is 25.1 Å². The molecule has 13 heteroatoms. The summed E-state index contributed by atoms with van der Waals surface area (Å²) in [5.74, 6) is -1.06. The third kappa shape index (κ3) is 9.62. The normalized spacial score (nSPS) is 12.1. The highest BCUT2D eigenvalue weighted by atomic mass is 16.4. The number of aryl methyl sites for hydroxylation is 1. The topological polar surface area (TPSA) is 243 Å². The van der Waals surface area contributed by atoms with Gasteiger partial charge in [-0.1, -0.05) is 7.43 Å². The van der Waals surface area contributed by atoms with Gasteiger partial charge in [0.2, 0.25) is 11.8 Å². The number of guanidine groups is 2. The van der Waals surface area contributed by atoms with Crippen molar-refractivity contribution in [2.24, 2.45) is 38.7 Å². The van der Waals surface area contributed by atoms with E-state index in [0.717, 1.165) is 10.9 Å². The molecule has 0 aliphatic carbocycles. The molecule has 0 aliphatic heterocycles. The first-order chi connectivity index (χ1) is 16.6. The van der Waals surface area contributed by atoms with E-state index in [1.807, 2.05) is 0 Å². The van der Waals surface area contributed by atoms with Crippen LogP contribution in [0.4, 0.5) is 5.69 Å². The molecule has 2 aromatic rings. The molecule has 1 aromatic carbocycles. The van der Waals surface area contributed by atoms with E-state index < -0.39 is 29.5 Å². The van der Waals surface area contributed by atoms with Gasteiger partial charge in [-0.15, -0.1) is 0 Å². The van der Waals surface area contributed by atoms with E-state index in [1.165, 1.54) is 6.07 Å². The highest BCUT2D eigenvalue weighted by Gasteiger charge is 2.23. The van der Waals surface area contributed by atoms with Gasteiger partial charge in [0.05, 0.1) is 6.04 Å². The molecule has 1 heterocycles. The van der Waals surface area contributed by atoms with Crippen LogP contribution in [0, 0.1) is 6.92 Å². The van der Waals surface area contributed by atoms with Crippen molar-refractivity contribution in [3.8, 4) is 0 Å². The number of anilines is 1. The molecular formula is C23H37N9O4. The number of nitrogens with one attached hydrogen (secondary N) is 2. The van der Waals surface area contributed by atoms with Gasteiger partial charge in [-0.05, 0) is 50.3 Å². The zero-order valence-electron chi connectivity index (χ0n) is 19.6. The molecule has 0 saturated heterocycles. The number of benzene rings is 1. The lowest BCUT2D eigenvalue weighted by atomic mass is 10.1. The van der Waals surface area contributed by atoms with Gasteiger partial charge in [0.15, 0.2) is 11.9 Å². The van der Waals surface area contributed by atoms with Gasteiger partial charge >= 0.3 is 5.63 Å². The first-order valence-electron chi connectivity index (χ1n) is 11.1. The molecule has 12 N–H and O–H groups in total. The highest BCUT2D eigenvalue weighted by molar-refractivity contribution is 5.99. The van der Waals surface area contributed by atoms with Gasteiger partial charge in [0, 0.05) is 36.3 Å². The van der Waals surface area contributed by atoms with Crippen LogP contribution in [-0.4, -0.2) is 48.9 Å². The summed E-state index contributed by atoms with van der Waals surface area (Å²) in [6, 6.07) is 4.61. The summed E-state index contributed by atoms with van der Waals surface area (Å²) in [5.41, 5.74) is 28.2. The predicted molar refractivity (Wildman–Crippen MR) is 142 cm³/mol. The maximum Gasteiger partial charge on any atom is 0.336 e. The Morgan fingerprint density at radius 3 is 2.19 bits per heavy atom. The van der Waals surface area contributed by atoms with Crippen molar-refractivity contribution in [1.82, 2.24) is 5.32 Å². The number of rotatable bonds is 12. The molecule has 2 amide bonds. The summed E-state index contributed by atoms with van der Waals surface area (Å²) >= 11 is 0. The van der Waals surface area contributed by atoms with Gasteiger partial charge in [-0.25, -0.2) is 4.79 Å². The van der Waals surface area contributed by atoms with E-state index in [-0.39, 0.29) is 32.3 Å². The number of carbonyl (C=O) groups is 2. The Morgan fingerprint density at radius 1 is 0.972 bits per heavy atom. The van der Waals surface area contributed by atoms with E-state index in [9.17, 15) is 14.4 Å². The van der Waals surface area contributed by atoms with Crippen molar-refractivity contribution in [3.05, 3.63) is 40.2 Å². The average molecular weight is 504 g/mol. The predicted octanol–water partition coefficient (Wildman–Crippen LogP) is -0.405. The van der Waals surface area contributed by atoms with Crippen LogP contribution in [0.3, 0.4) is 0 Å². The van der Waals surface area contributed by atoms with Crippen LogP contribution in [0.25, 0.3) is 11.0 Å². The lowest BCUT2D eigenvalue weighted by molar-refractivity contribution is -0.127. The fraction of sp³-hybridized carbons (Fsp3) is 0.435. The third-order valence-corrected chi connectivity index (χ3v) is 5.10. The van der Waals surface area contributed by atoms with Gasteiger partial charge in [0.1, 0.15) is 11.6 Å². The van der Waals surface area contributed by atoms with Crippen LogP contribution in [0.5, 0.6) is 0 Å². The number of hydrogen-bond donors (Lipinski definition) is 7. The molecular weight excluding hydrogens is 466 g/mol. The SMILES string of the molecule is C.Cc1cc(=O)oc2cc(NC(=O)[C@H](CCCN=C(N)N)NC(=O)[C@@H](N)CCCN=C(N)N)ccc12. The number of carbonyl (C=O) groups excluding carboxylic acids is 2. The van der Waals surface area contributed by atoms with Crippen molar-refractivity contribution in [1.29, 1.82) is 0 Å². The molecule has 36 heavy (non-hydrogen) atoms. The fourth-order valence-corrected chi connectivity index (χ4v) is 3.33. The zero-order valence-corrected chi connectivity index (χ0v) is 19.6. The van der Waals surface area contributed by atoms with Gasteiger partial charge in [-0.2, -0.15) is 0 Å². The minimum absolute atomic E-state index is 0. The number of fused-ring (bicyclic) bond motifs is 1. The number of amides is 2. The molecule has 0 unspecified atom stereocenters. The molecule has 1 aromatic heterocycles. The summed E-state index contributed by atoms with van der Waals surface area (Å²) in [4.78, 5) is 45.1. The molecule has 13 nitrogen and oxygen atoms in total. The molecule has 198 valence electrons. The van der Waals surface area contributed by atoms with Gasteiger partial charge in [-0.3, -0.25) is 19.6 Å². The Hall–Kier alpha value is -4.13. The van der Waals surface area contributed by atoms with Crippen LogP contribution in [0.1, 0.15) is 38.7 Å². The molecule has 0 saturated carbocycles. The summed E-state index contributed by atoms with van der Waals surface area (Å²) in [6.07, 6.45) is 1.52. The Balaban J connectivity index is 0.00000648. The number of nitrogens with zero attached hydrogens (tertiary/aromatic N) is 2. The first-order valence-corrected chi connectivity index (χ1v) is 11.1. The second-order valence-electron chi connectivity index (χ2n) is 8.01. The fourth-order valence-electron chi connectivity index (χ4n) is 3.33. The first kappa shape index (κ1) is 29.9. The number of aliphatic imine (C=N–C) groups is 2. The minimum atomic E-state index is -0.902. The van der Waals surface area contributed by atoms with Crippen molar-refractivity contribution >= 4 is 40.4 Å². The summed E-state index contributed by atoms with van der Waals surface area (Å²) in [6.45, 7) is 2.41. The quantitative estimate of drug-likeness (QED) is 0.0860. The lowest BCUT2D eigenvalue weighted by Crippen LogP contribution is -2.50. The second-order valence-corrected chi connectivity index (χ2v) is 8.01. The Labute approximate surface area is 209 Å². The Morgan fingerprint density at radius 2 is 1.58 bits per heavy atom. The average Bonchev–Trinajstić information content (AvgIpc) is 2.77. The highest BCUT2D eigenvalue weighted by Crippen LogP contribution is 2.21. The van der Waals surface area contributed by atoms with Crippen LogP contribution in [0.15, 0.2) is 43.5 Å². The number of nitrogens with two attached hydrogens (primary N) is 5. The second kappa shape index (κ2) is 14.3. The van der Waals surface area contributed by atoms with Crippen LogP contribution in [0.2, 0.25) is 0 Å². The summed E-state index contributed by atoms with van der Waals surface area (Å²) in [7, 11) is 0. The monoisotopic (exact) mass is 503 g/mol. The standard InChI is InChI=1S/C22H33N9O4.CH4/c1-12-10-18(32)35-17-11-13(6-7-14(12)17)30-20(34)16(5-3-9-29-22(26)27)31-19(33)15(23)4-2-8-28-21(24)25;/h6-7,10-11,15-16H,2-5,8-9,23H2,1H3,(H,30,34)(H,31,33)(H4,24,25,28)(H4,26,27,29);1H4/t15-,16-;/m0./s1. The smallest absolute Gasteiger partial charge is 0.336 e. The van der Waals surface area contributed by atoms with Crippen molar-refractivity contribution in [3.63, 3.8) is 0 Å². The molecule has 0 bridgehead atoms. The maximum absolute atomic E-state index is 13.0. The molecule has 2 atom stereocenters. The van der Waals surface area contributed by atoms with Crippen LogP contribution < -0.4 is 44.9 Å². The molecule has 0 radical (unpaired) electrons. The van der Waals surface area contributed by atoms with Crippen molar-refractivity contribution in [2.75, 3.05) is 18.4 Å². The number of hydrogen-bond acceptors (Lipinski definition) is 7. The van der Waals surface area contributed by atoms with E-state index in [4.69, 9.17) is 33.1 Å². The largest absolute Gasteiger partial charge is 0.423 e. The van der Waals surface area contributed by atoms with Crippen molar-refractivity contribution in [2.45, 2.75) is 52.1 Å². The summed E-state index contributed by atoms with van der Waals surface area (Å²) in [5, 5.41) is 6.18. The molecule has 0 spiro atoms. The van der Waals surface area contributed by atoms with Crippen molar-refractivity contribution < 1.29 is 14.0 Å². The van der Waals surface area contributed by atoms with E-state index in [0.29, 0.717) is 37.1 Å². The Kier molecular flexibility index (Phi) is 11.9. The maximum atomic E-state index is 13.0. The molecule has 2 rings (SSSR count).